The molecule has 1 unspecified atom stereocenters. The molecule has 0 radical (unpaired) electrons. The summed E-state index contributed by atoms with van der Waals surface area (Å²) in [6, 6.07) is 13.1. The maximum Gasteiger partial charge on any atom is 0.335 e. The van der Waals surface area contributed by atoms with Gasteiger partial charge in [0, 0.05) is 49.6 Å². The van der Waals surface area contributed by atoms with Crippen molar-refractivity contribution in [2.75, 3.05) is 26.2 Å². The van der Waals surface area contributed by atoms with E-state index in [2.05, 4.69) is 14.9 Å². The van der Waals surface area contributed by atoms with E-state index in [1.54, 1.807) is 12.3 Å². The molecule has 9 nitrogen and oxygen atoms in total. The highest BCUT2D eigenvalue weighted by Crippen LogP contribution is 2.37. The summed E-state index contributed by atoms with van der Waals surface area (Å²) in [7, 11) is 0. The molecule has 0 aliphatic carbocycles. The molecule has 2 aromatic carbocycles. The van der Waals surface area contributed by atoms with Gasteiger partial charge in [-0.3, -0.25) is 4.98 Å². The predicted octanol–water partition coefficient (Wildman–Crippen LogP) is 3.73. The molecule has 2 aromatic heterocycles. The van der Waals surface area contributed by atoms with Gasteiger partial charge in [-0.05, 0) is 38.1 Å². The first kappa shape index (κ1) is 26.4. The van der Waals surface area contributed by atoms with Crippen molar-refractivity contribution in [3.05, 3.63) is 65.1 Å². The van der Waals surface area contributed by atoms with Crippen LogP contribution in [-0.2, 0) is 15.1 Å². The number of para-hydroxylation sites is 2. The lowest BCUT2D eigenvalue weighted by Crippen LogP contribution is -2.49. The van der Waals surface area contributed by atoms with Gasteiger partial charge in [0.15, 0.2) is 5.60 Å². The number of H-pyrrole nitrogens is 1. The molecule has 38 heavy (non-hydrogen) atoms. The zero-order valence-corrected chi connectivity index (χ0v) is 22.1. The molecule has 3 N–H and O–H groups in total. The second-order valence-electron chi connectivity index (χ2n) is 9.92. The number of aromatic amines is 1. The summed E-state index contributed by atoms with van der Waals surface area (Å²) in [4.78, 5) is 27.0. The van der Waals surface area contributed by atoms with Gasteiger partial charge in [-0.15, -0.1) is 0 Å². The summed E-state index contributed by atoms with van der Waals surface area (Å²) in [5.74, 6) is -0.104. The molecule has 3 heterocycles. The van der Waals surface area contributed by atoms with Crippen molar-refractivity contribution in [2.24, 2.45) is 0 Å². The largest absolute Gasteiger partial charge is 0.491 e. The molecular formula is C28H31ClN4O5. The van der Waals surface area contributed by atoms with E-state index in [0.717, 1.165) is 22.1 Å². The summed E-state index contributed by atoms with van der Waals surface area (Å²) < 4.78 is 11.7. The highest BCUT2D eigenvalue weighted by Gasteiger charge is 2.42. The molecule has 0 bridgehead atoms. The Morgan fingerprint density at radius 3 is 2.66 bits per heavy atom. The topological polar surface area (TPSA) is 121 Å². The van der Waals surface area contributed by atoms with Crippen LogP contribution in [0, 0.1) is 6.92 Å². The third-order valence-electron chi connectivity index (χ3n) is 6.92. The van der Waals surface area contributed by atoms with Crippen molar-refractivity contribution >= 4 is 39.5 Å². The average Bonchev–Trinajstić information content (AvgIpc) is 3.29. The lowest BCUT2D eigenvalue weighted by molar-refractivity contribution is -0.177. The van der Waals surface area contributed by atoms with E-state index in [1.165, 1.54) is 6.92 Å². The standard InChI is InChI=1S/C28H31ClN4O5/c1-17-11-19-12-21(13-22(29)26(19)31-17)37-16-20(35)15-33-9-7-28(8-10-33,38-27(36)18(2)34)25-14-30-23-5-3-4-6-24(23)32-25/h3-6,11-14,18,20,31,34-35H,7-10,15-16H2,1-2H3/t18?,20-/m1/s1. The number of nitrogens with one attached hydrogen (secondary N) is 1. The molecule has 1 aliphatic heterocycles. The number of β-amino-alcohol motifs (C(OH)–C–C–N with tert-alkyl or cyclic N) is 1. The van der Waals surface area contributed by atoms with Crippen LogP contribution in [0.15, 0.2) is 48.7 Å². The van der Waals surface area contributed by atoms with Gasteiger partial charge in [0.2, 0.25) is 0 Å². The Bertz CT molecular complexity index is 1450. The van der Waals surface area contributed by atoms with Crippen molar-refractivity contribution in [1.29, 1.82) is 0 Å². The third kappa shape index (κ3) is 5.61. The first-order valence-electron chi connectivity index (χ1n) is 12.7. The molecule has 5 rings (SSSR count). The van der Waals surface area contributed by atoms with Gasteiger partial charge in [-0.25, -0.2) is 9.78 Å². The molecule has 1 fully saturated rings. The summed E-state index contributed by atoms with van der Waals surface area (Å²) in [6.07, 6.45) is 0.561. The molecule has 0 spiro atoms. The second-order valence-corrected chi connectivity index (χ2v) is 10.3. The minimum atomic E-state index is -1.25. The zero-order valence-electron chi connectivity index (χ0n) is 21.4. The van der Waals surface area contributed by atoms with Gasteiger partial charge >= 0.3 is 5.97 Å². The fourth-order valence-corrected chi connectivity index (χ4v) is 5.17. The van der Waals surface area contributed by atoms with Crippen molar-refractivity contribution < 1.29 is 24.5 Å². The number of hydrogen-bond acceptors (Lipinski definition) is 8. The number of likely N-dealkylation sites (tertiary alicyclic amines) is 1. The molecule has 2 atom stereocenters. The molecule has 1 aliphatic rings. The average molecular weight is 539 g/mol. The lowest BCUT2D eigenvalue weighted by Gasteiger charge is -2.41. The number of nitrogens with zero attached hydrogens (tertiary/aromatic N) is 3. The normalized spacial score (nSPS) is 17.4. The number of aliphatic hydroxyl groups is 2. The zero-order chi connectivity index (χ0) is 26.9. The van der Waals surface area contributed by atoms with Crippen molar-refractivity contribution in [1.82, 2.24) is 19.9 Å². The van der Waals surface area contributed by atoms with E-state index in [9.17, 15) is 15.0 Å². The van der Waals surface area contributed by atoms with Crippen LogP contribution in [0.1, 0.15) is 31.2 Å². The number of hydrogen-bond donors (Lipinski definition) is 3. The number of piperidine rings is 1. The van der Waals surface area contributed by atoms with Crippen molar-refractivity contribution in [2.45, 2.75) is 44.5 Å². The van der Waals surface area contributed by atoms with Crippen LogP contribution in [0.5, 0.6) is 5.75 Å². The SMILES string of the molecule is Cc1cc2cc(OC[C@H](O)CN3CCC(OC(=O)C(C)O)(c4cnc5ccccc5n4)CC3)cc(Cl)c2[nH]1. The van der Waals surface area contributed by atoms with E-state index >= 15 is 0 Å². The van der Waals surface area contributed by atoms with Crippen LogP contribution in [-0.4, -0.2) is 74.5 Å². The molecule has 0 saturated carbocycles. The highest BCUT2D eigenvalue weighted by molar-refractivity contribution is 6.35. The summed E-state index contributed by atoms with van der Waals surface area (Å²) in [5, 5.41) is 22.0. The number of fused-ring (bicyclic) bond motifs is 2. The number of esters is 1. The summed E-state index contributed by atoms with van der Waals surface area (Å²) in [5.41, 5.74) is 2.88. The number of benzene rings is 2. The predicted molar refractivity (Wildman–Crippen MR) is 144 cm³/mol. The lowest BCUT2D eigenvalue weighted by atomic mass is 9.87. The highest BCUT2D eigenvalue weighted by atomic mass is 35.5. The minimum absolute atomic E-state index is 0.111. The number of carbonyl (C=O) groups is 1. The van der Waals surface area contributed by atoms with Crippen molar-refractivity contribution in [3.8, 4) is 5.75 Å². The Kier molecular flexibility index (Phi) is 7.54. The number of halogens is 1. The molecule has 4 aromatic rings. The molecule has 1 saturated heterocycles. The summed E-state index contributed by atoms with van der Waals surface area (Å²) in [6.45, 7) is 4.96. The Morgan fingerprint density at radius 1 is 1.18 bits per heavy atom. The van der Waals surface area contributed by atoms with Crippen LogP contribution in [0.3, 0.4) is 0 Å². The van der Waals surface area contributed by atoms with Gasteiger partial charge in [0.05, 0.1) is 27.8 Å². The van der Waals surface area contributed by atoms with Crippen LogP contribution in [0.25, 0.3) is 21.9 Å². The van der Waals surface area contributed by atoms with Gasteiger partial charge in [0.25, 0.3) is 0 Å². The third-order valence-corrected chi connectivity index (χ3v) is 7.21. The van der Waals surface area contributed by atoms with Gasteiger partial charge in [-0.1, -0.05) is 23.7 Å². The number of rotatable bonds is 8. The Morgan fingerprint density at radius 2 is 1.92 bits per heavy atom. The fraction of sp³-hybridized carbons (Fsp3) is 0.393. The van der Waals surface area contributed by atoms with Gasteiger partial charge < -0.3 is 29.6 Å². The number of aryl methyl sites for hydroxylation is 1. The van der Waals surface area contributed by atoms with Crippen LogP contribution in [0.2, 0.25) is 5.02 Å². The molecule has 200 valence electrons. The maximum atomic E-state index is 12.4. The van der Waals surface area contributed by atoms with Crippen LogP contribution in [0.4, 0.5) is 0 Å². The number of aromatic nitrogens is 3. The quantitative estimate of drug-likeness (QED) is 0.290. The molecule has 0 amide bonds. The van der Waals surface area contributed by atoms with Gasteiger partial charge in [0.1, 0.15) is 30.3 Å². The smallest absolute Gasteiger partial charge is 0.335 e. The molecular weight excluding hydrogens is 508 g/mol. The van der Waals surface area contributed by atoms with Crippen molar-refractivity contribution in [3.63, 3.8) is 0 Å². The first-order valence-corrected chi connectivity index (χ1v) is 13.1. The van der Waals surface area contributed by atoms with E-state index < -0.39 is 23.8 Å². The molecule has 10 heteroatoms. The van der Waals surface area contributed by atoms with E-state index in [0.29, 0.717) is 54.5 Å². The Hall–Kier alpha value is -3.24. The van der Waals surface area contributed by atoms with Crippen LogP contribution < -0.4 is 4.74 Å². The Labute approximate surface area is 225 Å². The maximum absolute atomic E-state index is 12.4. The van der Waals surface area contributed by atoms with E-state index in [-0.39, 0.29) is 6.61 Å². The number of ether oxygens (including phenoxy) is 2. The first-order chi connectivity index (χ1) is 18.2. The number of aliphatic hydroxyl groups excluding tert-OH is 2. The summed E-state index contributed by atoms with van der Waals surface area (Å²) >= 11 is 6.37. The van der Waals surface area contributed by atoms with Gasteiger partial charge in [-0.2, -0.15) is 0 Å². The fourth-order valence-electron chi connectivity index (χ4n) is 4.90. The van der Waals surface area contributed by atoms with E-state index in [1.807, 2.05) is 43.3 Å². The van der Waals surface area contributed by atoms with Crippen LogP contribution >= 0.6 is 11.6 Å². The Balaban J connectivity index is 1.24. The number of carbonyl (C=O) groups excluding carboxylic acids is 1. The second kappa shape index (κ2) is 10.9. The van der Waals surface area contributed by atoms with E-state index in [4.69, 9.17) is 26.1 Å². The monoisotopic (exact) mass is 538 g/mol. The minimum Gasteiger partial charge on any atom is -0.491 e.